The van der Waals surface area contributed by atoms with Gasteiger partial charge in [0.1, 0.15) is 16.8 Å². The van der Waals surface area contributed by atoms with Gasteiger partial charge in [-0.2, -0.15) is 5.26 Å². The summed E-state index contributed by atoms with van der Waals surface area (Å²) in [4.78, 5) is 13.9. The van der Waals surface area contributed by atoms with Crippen molar-refractivity contribution in [1.29, 1.82) is 5.26 Å². The zero-order chi connectivity index (χ0) is 10.7. The zero-order valence-corrected chi connectivity index (χ0v) is 7.42. The maximum absolute atomic E-state index is 12.3. The summed E-state index contributed by atoms with van der Waals surface area (Å²) in [6.07, 6.45) is -1.89. The minimum absolute atomic E-state index is 0.174. The van der Waals surface area contributed by atoms with Gasteiger partial charge >= 0.3 is 0 Å². The van der Waals surface area contributed by atoms with Crippen LogP contribution >= 0.6 is 11.6 Å². The fourth-order valence-corrected chi connectivity index (χ4v) is 1.12. The van der Waals surface area contributed by atoms with Gasteiger partial charge in [0.2, 0.25) is 0 Å². The molecule has 0 bridgehead atoms. The standard InChI is InChI=1S/C8H3ClF2N2O/c9-7-4(1-12)6(3-14)5(2-13-7)8(10)11/h2-3,8H. The molecule has 0 aliphatic rings. The van der Waals surface area contributed by atoms with Crippen LogP contribution in [0.1, 0.15) is 27.9 Å². The van der Waals surface area contributed by atoms with Crippen LogP contribution in [-0.2, 0) is 0 Å². The summed E-state index contributed by atoms with van der Waals surface area (Å²) in [5, 5.41) is 8.31. The van der Waals surface area contributed by atoms with Crippen molar-refractivity contribution in [2.75, 3.05) is 0 Å². The van der Waals surface area contributed by atoms with Crippen molar-refractivity contribution >= 4 is 17.9 Å². The van der Waals surface area contributed by atoms with Crippen LogP contribution < -0.4 is 0 Å². The van der Waals surface area contributed by atoms with Crippen LogP contribution in [0.25, 0.3) is 0 Å². The van der Waals surface area contributed by atoms with Crippen LogP contribution in [0.2, 0.25) is 5.15 Å². The minimum atomic E-state index is -2.85. The number of nitriles is 1. The van der Waals surface area contributed by atoms with Gasteiger partial charge < -0.3 is 0 Å². The molecule has 0 aliphatic heterocycles. The van der Waals surface area contributed by atoms with Crippen molar-refractivity contribution in [3.8, 4) is 6.07 Å². The van der Waals surface area contributed by atoms with Crippen LogP contribution in [-0.4, -0.2) is 11.3 Å². The number of halogens is 3. The molecule has 3 nitrogen and oxygen atoms in total. The number of pyridine rings is 1. The van der Waals surface area contributed by atoms with Crippen molar-refractivity contribution in [2.24, 2.45) is 0 Å². The molecule has 0 radical (unpaired) electrons. The molecule has 6 heteroatoms. The minimum Gasteiger partial charge on any atom is -0.298 e. The third-order valence-corrected chi connectivity index (χ3v) is 1.85. The van der Waals surface area contributed by atoms with E-state index in [-0.39, 0.29) is 17.0 Å². The van der Waals surface area contributed by atoms with E-state index in [4.69, 9.17) is 16.9 Å². The molecule has 1 aromatic heterocycles. The van der Waals surface area contributed by atoms with E-state index in [2.05, 4.69) is 4.98 Å². The monoisotopic (exact) mass is 216 g/mol. The predicted octanol–water partition coefficient (Wildman–Crippen LogP) is 2.36. The molecule has 0 fully saturated rings. The predicted molar refractivity (Wildman–Crippen MR) is 44.3 cm³/mol. The Morgan fingerprint density at radius 3 is 2.71 bits per heavy atom. The van der Waals surface area contributed by atoms with E-state index >= 15 is 0 Å². The van der Waals surface area contributed by atoms with Gasteiger partial charge in [-0.15, -0.1) is 0 Å². The SMILES string of the molecule is N#Cc1c(Cl)ncc(C(F)F)c1C=O. The van der Waals surface area contributed by atoms with Gasteiger partial charge in [-0.05, 0) is 0 Å². The smallest absolute Gasteiger partial charge is 0.266 e. The number of carbonyl (C=O) groups excluding carboxylic acids is 1. The normalized spacial score (nSPS) is 9.93. The zero-order valence-electron chi connectivity index (χ0n) is 6.67. The highest BCUT2D eigenvalue weighted by Gasteiger charge is 2.18. The summed E-state index contributed by atoms with van der Waals surface area (Å²) in [5.74, 6) is 0. The topological polar surface area (TPSA) is 53.8 Å². The van der Waals surface area contributed by atoms with Crippen molar-refractivity contribution in [1.82, 2.24) is 4.98 Å². The van der Waals surface area contributed by atoms with Crippen LogP contribution in [0, 0.1) is 11.3 Å². The van der Waals surface area contributed by atoms with Crippen LogP contribution in [0.4, 0.5) is 8.78 Å². The number of aromatic nitrogens is 1. The molecule has 1 aromatic rings. The quantitative estimate of drug-likeness (QED) is 0.563. The molecule has 0 amide bonds. The van der Waals surface area contributed by atoms with Crippen molar-refractivity contribution < 1.29 is 13.6 Å². The third-order valence-electron chi connectivity index (χ3n) is 1.57. The fraction of sp³-hybridized carbons (Fsp3) is 0.125. The number of hydrogen-bond donors (Lipinski definition) is 0. The first-order chi connectivity index (χ1) is 6.61. The highest BCUT2D eigenvalue weighted by atomic mass is 35.5. The highest BCUT2D eigenvalue weighted by molar-refractivity contribution is 6.30. The van der Waals surface area contributed by atoms with Gasteiger partial charge in [0.05, 0.1) is 0 Å². The molecule has 14 heavy (non-hydrogen) atoms. The second-order valence-electron chi connectivity index (χ2n) is 2.32. The largest absolute Gasteiger partial charge is 0.298 e. The molecule has 0 saturated carbocycles. The van der Waals surface area contributed by atoms with E-state index in [1.165, 1.54) is 0 Å². The lowest BCUT2D eigenvalue weighted by Crippen LogP contribution is -2.00. The number of rotatable bonds is 2. The van der Waals surface area contributed by atoms with Crippen LogP contribution in [0.5, 0.6) is 0 Å². The Labute approximate surface area is 82.9 Å². The molecule has 0 N–H and O–H groups in total. The van der Waals surface area contributed by atoms with E-state index in [1.54, 1.807) is 6.07 Å². The highest BCUT2D eigenvalue weighted by Crippen LogP contribution is 2.26. The number of hydrogen-bond acceptors (Lipinski definition) is 3. The maximum atomic E-state index is 12.3. The molecule has 72 valence electrons. The summed E-state index contributed by atoms with van der Waals surface area (Å²) < 4.78 is 24.6. The molecular weight excluding hydrogens is 214 g/mol. The van der Waals surface area contributed by atoms with E-state index in [1.807, 2.05) is 0 Å². The first kappa shape index (κ1) is 10.5. The summed E-state index contributed by atoms with van der Waals surface area (Å²) in [5.41, 5.74) is -1.30. The number of carbonyl (C=O) groups is 1. The van der Waals surface area contributed by atoms with E-state index in [0.29, 0.717) is 0 Å². The molecular formula is C8H3ClF2N2O. The van der Waals surface area contributed by atoms with Crippen LogP contribution in [0.3, 0.4) is 0 Å². The summed E-state index contributed by atoms with van der Waals surface area (Å²) >= 11 is 5.45. The van der Waals surface area contributed by atoms with Gasteiger partial charge in [-0.1, -0.05) is 11.6 Å². The Morgan fingerprint density at radius 1 is 1.64 bits per heavy atom. The van der Waals surface area contributed by atoms with E-state index < -0.39 is 17.6 Å². The van der Waals surface area contributed by atoms with E-state index in [9.17, 15) is 13.6 Å². The number of nitrogens with zero attached hydrogens (tertiary/aromatic N) is 2. The van der Waals surface area contributed by atoms with Crippen LogP contribution in [0.15, 0.2) is 6.20 Å². The lowest BCUT2D eigenvalue weighted by molar-refractivity contribution is 0.110. The van der Waals surface area contributed by atoms with Crippen molar-refractivity contribution in [2.45, 2.75) is 6.43 Å². The molecule has 0 spiro atoms. The van der Waals surface area contributed by atoms with Gasteiger partial charge in [0.15, 0.2) is 6.29 Å². The molecule has 0 saturated heterocycles. The summed E-state index contributed by atoms with van der Waals surface area (Å²) in [6, 6.07) is 1.55. The lowest BCUT2D eigenvalue weighted by Gasteiger charge is -2.04. The average Bonchev–Trinajstić information content (AvgIpc) is 2.16. The Balaban J connectivity index is 3.50. The third kappa shape index (κ3) is 1.70. The Bertz CT molecular complexity index is 415. The molecule has 1 heterocycles. The summed E-state index contributed by atoms with van der Waals surface area (Å²) in [7, 11) is 0. The fourth-order valence-electron chi connectivity index (χ4n) is 0.923. The van der Waals surface area contributed by atoms with Gasteiger partial charge in [0, 0.05) is 17.3 Å². The Kier molecular flexibility index (Phi) is 3.10. The first-order valence-corrected chi connectivity index (χ1v) is 3.81. The second kappa shape index (κ2) is 4.11. The summed E-state index contributed by atoms with van der Waals surface area (Å²) in [6.45, 7) is 0. The Morgan fingerprint density at radius 2 is 2.29 bits per heavy atom. The van der Waals surface area contributed by atoms with E-state index in [0.717, 1.165) is 6.20 Å². The second-order valence-corrected chi connectivity index (χ2v) is 2.68. The molecule has 0 aliphatic carbocycles. The number of alkyl halides is 2. The van der Waals surface area contributed by atoms with Gasteiger partial charge in [0.25, 0.3) is 6.43 Å². The van der Waals surface area contributed by atoms with Gasteiger partial charge in [-0.3, -0.25) is 4.79 Å². The van der Waals surface area contributed by atoms with Crippen molar-refractivity contribution in [3.05, 3.63) is 28.0 Å². The van der Waals surface area contributed by atoms with Gasteiger partial charge in [-0.25, -0.2) is 13.8 Å². The first-order valence-electron chi connectivity index (χ1n) is 3.43. The molecule has 1 rings (SSSR count). The maximum Gasteiger partial charge on any atom is 0.266 e. The van der Waals surface area contributed by atoms with Crippen molar-refractivity contribution in [3.63, 3.8) is 0 Å². The molecule has 0 aromatic carbocycles. The molecule has 0 unspecified atom stereocenters. The lowest BCUT2D eigenvalue weighted by atomic mass is 10.1. The average molecular weight is 217 g/mol. The number of aldehydes is 1. The Hall–Kier alpha value is -1.54. The molecule has 0 atom stereocenters.